The van der Waals surface area contributed by atoms with Crippen LogP contribution >= 0.6 is 11.3 Å². The number of hydrogen-bond donors (Lipinski definition) is 2. The molecule has 0 atom stereocenters. The maximum absolute atomic E-state index is 10.9. The van der Waals surface area contributed by atoms with Crippen LogP contribution in [-0.4, -0.2) is 17.1 Å². The van der Waals surface area contributed by atoms with Crippen LogP contribution in [0.5, 0.6) is 0 Å². The van der Waals surface area contributed by atoms with Gasteiger partial charge in [0.1, 0.15) is 0 Å². The number of nitrogens with one attached hydrogen (secondary N) is 1. The standard InChI is InChI=1S/C15H17NO2S/c17-15(18)10-5-6-14-11(7-10)8-13(19-14)9-16-12-3-1-2-4-12/h5-8,12,16H,1-4,9H2,(H,17,18). The van der Waals surface area contributed by atoms with Crippen LogP contribution in [0.4, 0.5) is 0 Å². The van der Waals surface area contributed by atoms with Crippen molar-refractivity contribution < 1.29 is 9.90 Å². The minimum atomic E-state index is -0.862. The Hall–Kier alpha value is -1.39. The van der Waals surface area contributed by atoms with Gasteiger partial charge in [0.05, 0.1) is 5.56 Å². The molecule has 1 fully saturated rings. The van der Waals surface area contributed by atoms with Gasteiger partial charge in [-0.3, -0.25) is 0 Å². The largest absolute Gasteiger partial charge is 0.478 e. The molecular weight excluding hydrogens is 258 g/mol. The zero-order valence-corrected chi connectivity index (χ0v) is 11.5. The molecular formula is C15H17NO2S. The molecule has 19 heavy (non-hydrogen) atoms. The van der Waals surface area contributed by atoms with E-state index < -0.39 is 5.97 Å². The quantitative estimate of drug-likeness (QED) is 0.895. The van der Waals surface area contributed by atoms with Crippen LogP contribution in [0.3, 0.4) is 0 Å². The molecule has 0 saturated heterocycles. The van der Waals surface area contributed by atoms with Gasteiger partial charge in [-0.15, -0.1) is 11.3 Å². The average Bonchev–Trinajstić information content (AvgIpc) is 3.04. The van der Waals surface area contributed by atoms with Crippen molar-refractivity contribution in [2.45, 2.75) is 38.3 Å². The molecule has 1 saturated carbocycles. The Balaban J connectivity index is 1.75. The molecule has 0 aliphatic heterocycles. The molecule has 1 aliphatic rings. The van der Waals surface area contributed by atoms with Crippen molar-refractivity contribution >= 4 is 27.4 Å². The molecule has 100 valence electrons. The topological polar surface area (TPSA) is 49.3 Å². The van der Waals surface area contributed by atoms with Gasteiger partial charge in [0.2, 0.25) is 0 Å². The zero-order chi connectivity index (χ0) is 13.2. The van der Waals surface area contributed by atoms with Crippen molar-refractivity contribution in [1.29, 1.82) is 0 Å². The summed E-state index contributed by atoms with van der Waals surface area (Å²) in [6, 6.07) is 8.11. The van der Waals surface area contributed by atoms with Crippen LogP contribution in [0.1, 0.15) is 40.9 Å². The first-order chi connectivity index (χ1) is 9.22. The Morgan fingerprint density at radius 3 is 2.84 bits per heavy atom. The van der Waals surface area contributed by atoms with Crippen LogP contribution in [0.15, 0.2) is 24.3 Å². The molecule has 0 spiro atoms. The van der Waals surface area contributed by atoms with Gasteiger partial charge in [-0.25, -0.2) is 4.79 Å². The van der Waals surface area contributed by atoms with E-state index in [0.717, 1.165) is 16.6 Å². The Morgan fingerprint density at radius 1 is 1.32 bits per heavy atom. The zero-order valence-electron chi connectivity index (χ0n) is 10.7. The summed E-state index contributed by atoms with van der Waals surface area (Å²) in [5.41, 5.74) is 0.362. The molecule has 0 unspecified atom stereocenters. The minimum absolute atomic E-state index is 0.362. The molecule has 2 N–H and O–H groups in total. The van der Waals surface area contributed by atoms with Crippen LogP contribution in [-0.2, 0) is 6.54 Å². The highest BCUT2D eigenvalue weighted by Gasteiger charge is 2.14. The number of hydrogen-bond acceptors (Lipinski definition) is 3. The normalized spacial score (nSPS) is 16.2. The first-order valence-electron chi connectivity index (χ1n) is 6.71. The number of carboxylic acids is 1. The van der Waals surface area contributed by atoms with Crippen LogP contribution in [0.25, 0.3) is 10.1 Å². The first-order valence-corrected chi connectivity index (χ1v) is 7.53. The maximum Gasteiger partial charge on any atom is 0.335 e. The lowest BCUT2D eigenvalue weighted by Crippen LogP contribution is -2.24. The molecule has 3 nitrogen and oxygen atoms in total. The summed E-state index contributed by atoms with van der Waals surface area (Å²) in [6.45, 7) is 0.895. The fourth-order valence-electron chi connectivity index (χ4n) is 2.69. The van der Waals surface area contributed by atoms with Gasteiger partial charge in [-0.2, -0.15) is 0 Å². The van der Waals surface area contributed by atoms with Crippen molar-refractivity contribution in [2.75, 3.05) is 0 Å². The lowest BCUT2D eigenvalue weighted by Gasteiger charge is -2.09. The molecule has 0 radical (unpaired) electrons. The Labute approximate surface area is 116 Å². The van der Waals surface area contributed by atoms with E-state index in [-0.39, 0.29) is 0 Å². The summed E-state index contributed by atoms with van der Waals surface area (Å²) in [4.78, 5) is 12.2. The third kappa shape index (κ3) is 2.80. The number of carbonyl (C=O) groups is 1. The van der Waals surface area contributed by atoms with E-state index in [0.29, 0.717) is 11.6 Å². The van der Waals surface area contributed by atoms with E-state index in [9.17, 15) is 4.79 Å². The minimum Gasteiger partial charge on any atom is -0.478 e. The van der Waals surface area contributed by atoms with Gasteiger partial charge in [0, 0.05) is 22.2 Å². The molecule has 1 aromatic heterocycles. The van der Waals surface area contributed by atoms with Crippen LogP contribution in [0.2, 0.25) is 0 Å². The number of benzene rings is 1. The molecule has 2 aromatic rings. The molecule has 3 rings (SSSR count). The summed E-state index contributed by atoms with van der Waals surface area (Å²) < 4.78 is 1.16. The SMILES string of the molecule is O=C(O)c1ccc2sc(CNC3CCCC3)cc2c1. The summed E-state index contributed by atoms with van der Waals surface area (Å²) in [7, 11) is 0. The van der Waals surface area contributed by atoms with Gasteiger partial charge in [-0.1, -0.05) is 12.8 Å². The lowest BCUT2D eigenvalue weighted by atomic mass is 10.1. The van der Waals surface area contributed by atoms with Gasteiger partial charge >= 0.3 is 5.97 Å². The van der Waals surface area contributed by atoms with Gasteiger partial charge < -0.3 is 10.4 Å². The number of thiophene rings is 1. The van der Waals surface area contributed by atoms with E-state index in [1.807, 2.05) is 6.07 Å². The second kappa shape index (κ2) is 5.31. The number of aromatic carboxylic acids is 1. The molecule has 0 amide bonds. The fraction of sp³-hybridized carbons (Fsp3) is 0.400. The van der Waals surface area contributed by atoms with Crippen molar-refractivity contribution in [1.82, 2.24) is 5.32 Å². The Kier molecular flexibility index (Phi) is 3.53. The number of fused-ring (bicyclic) bond motifs is 1. The van der Waals surface area contributed by atoms with E-state index >= 15 is 0 Å². The van der Waals surface area contributed by atoms with Gasteiger partial charge in [-0.05, 0) is 42.5 Å². The van der Waals surface area contributed by atoms with Crippen molar-refractivity contribution in [3.05, 3.63) is 34.7 Å². The average molecular weight is 275 g/mol. The summed E-state index contributed by atoms with van der Waals surface area (Å²) >= 11 is 1.75. The van der Waals surface area contributed by atoms with E-state index in [4.69, 9.17) is 5.11 Å². The lowest BCUT2D eigenvalue weighted by molar-refractivity contribution is 0.0697. The van der Waals surface area contributed by atoms with Crippen molar-refractivity contribution in [3.8, 4) is 0 Å². The number of rotatable bonds is 4. The smallest absolute Gasteiger partial charge is 0.335 e. The van der Waals surface area contributed by atoms with E-state index in [2.05, 4.69) is 11.4 Å². The Morgan fingerprint density at radius 2 is 2.11 bits per heavy atom. The molecule has 4 heteroatoms. The van der Waals surface area contributed by atoms with Crippen molar-refractivity contribution in [2.24, 2.45) is 0 Å². The highest BCUT2D eigenvalue weighted by molar-refractivity contribution is 7.19. The van der Waals surface area contributed by atoms with Crippen molar-refractivity contribution in [3.63, 3.8) is 0 Å². The number of carboxylic acid groups (broad SMARTS) is 1. The summed E-state index contributed by atoms with van der Waals surface area (Å²) in [5, 5.41) is 13.6. The van der Waals surface area contributed by atoms with Gasteiger partial charge in [0.15, 0.2) is 0 Å². The molecule has 1 aliphatic carbocycles. The summed E-state index contributed by atoms with van der Waals surface area (Å²) in [5.74, 6) is -0.862. The third-order valence-corrected chi connectivity index (χ3v) is 4.85. The predicted molar refractivity (Wildman–Crippen MR) is 77.9 cm³/mol. The van der Waals surface area contributed by atoms with E-state index in [1.165, 1.54) is 30.6 Å². The third-order valence-electron chi connectivity index (χ3n) is 3.73. The maximum atomic E-state index is 10.9. The molecule has 1 aromatic carbocycles. The van der Waals surface area contributed by atoms with Crippen LogP contribution in [0, 0.1) is 0 Å². The Bertz CT molecular complexity index is 599. The molecule has 0 bridgehead atoms. The van der Waals surface area contributed by atoms with E-state index in [1.54, 1.807) is 23.5 Å². The second-order valence-corrected chi connectivity index (χ2v) is 6.30. The monoisotopic (exact) mass is 275 g/mol. The van der Waals surface area contributed by atoms with Crippen LogP contribution < -0.4 is 5.32 Å². The highest BCUT2D eigenvalue weighted by Crippen LogP contribution is 2.27. The highest BCUT2D eigenvalue weighted by atomic mass is 32.1. The predicted octanol–water partition coefficient (Wildman–Crippen LogP) is 3.63. The fourth-order valence-corrected chi connectivity index (χ4v) is 3.69. The van der Waals surface area contributed by atoms with Gasteiger partial charge in [0.25, 0.3) is 0 Å². The molecule has 1 heterocycles. The summed E-state index contributed by atoms with van der Waals surface area (Å²) in [6.07, 6.45) is 5.25. The second-order valence-electron chi connectivity index (χ2n) is 5.13. The first kappa shape index (κ1) is 12.6.